The van der Waals surface area contributed by atoms with Crippen molar-refractivity contribution >= 4 is 49.7 Å². The minimum absolute atomic E-state index is 0. The number of rotatable bonds is 7. The largest absolute Gasteiger partial charge is 0.329 e. The third-order valence-corrected chi connectivity index (χ3v) is 5.96. The van der Waals surface area contributed by atoms with Gasteiger partial charge in [-0.25, -0.2) is 13.1 Å². The number of nitrogens with two attached hydrogens (primary N) is 1. The molecule has 0 saturated carbocycles. The Balaban J connectivity index is 0.00000289. The average molecular weight is 378 g/mol. The molecule has 0 amide bonds. The smallest absolute Gasteiger partial charge is 0.250 e. The predicted octanol–water partition coefficient (Wildman–Crippen LogP) is 2.73. The number of sulfonamides is 1. The van der Waals surface area contributed by atoms with Gasteiger partial charge >= 0.3 is 0 Å². The van der Waals surface area contributed by atoms with E-state index in [2.05, 4.69) is 27.6 Å². The Kier molecular flexibility index (Phi) is 8.66. The van der Waals surface area contributed by atoms with Gasteiger partial charge in [0.1, 0.15) is 4.21 Å². The molecule has 1 rings (SSSR count). The van der Waals surface area contributed by atoms with Crippen molar-refractivity contribution in [3.63, 3.8) is 0 Å². The highest BCUT2D eigenvalue weighted by molar-refractivity contribution is 9.11. The van der Waals surface area contributed by atoms with Crippen molar-refractivity contribution in [3.05, 3.63) is 15.9 Å². The lowest BCUT2D eigenvalue weighted by Gasteiger charge is -2.15. The van der Waals surface area contributed by atoms with Crippen molar-refractivity contribution in [1.29, 1.82) is 0 Å². The van der Waals surface area contributed by atoms with Crippen LogP contribution in [0.5, 0.6) is 0 Å². The van der Waals surface area contributed by atoms with Crippen LogP contribution in [0.3, 0.4) is 0 Å². The summed E-state index contributed by atoms with van der Waals surface area (Å²) >= 11 is 4.45. The maximum atomic E-state index is 12.0. The van der Waals surface area contributed by atoms with Crippen molar-refractivity contribution in [3.8, 4) is 0 Å². The van der Waals surface area contributed by atoms with Gasteiger partial charge in [-0.15, -0.1) is 23.7 Å². The number of hydrogen-bond donors (Lipinski definition) is 2. The molecule has 0 saturated heterocycles. The van der Waals surface area contributed by atoms with Crippen LogP contribution >= 0.6 is 39.7 Å². The summed E-state index contributed by atoms with van der Waals surface area (Å²) in [4.78, 5) is 0. The van der Waals surface area contributed by atoms with Crippen molar-refractivity contribution in [1.82, 2.24) is 4.72 Å². The quantitative estimate of drug-likeness (QED) is 0.767. The second-order valence-electron chi connectivity index (χ2n) is 3.75. The van der Waals surface area contributed by atoms with Gasteiger partial charge in [0.05, 0.1) is 3.79 Å². The monoisotopic (exact) mass is 376 g/mol. The first kappa shape index (κ1) is 18.3. The van der Waals surface area contributed by atoms with Gasteiger partial charge in [0.25, 0.3) is 0 Å². The second-order valence-corrected chi connectivity index (χ2v) is 8.16. The van der Waals surface area contributed by atoms with E-state index in [0.29, 0.717) is 10.8 Å². The summed E-state index contributed by atoms with van der Waals surface area (Å²) in [6, 6.07) is 3.13. The zero-order chi connectivity index (χ0) is 12.9. The van der Waals surface area contributed by atoms with E-state index in [-0.39, 0.29) is 18.4 Å². The number of hydrogen-bond acceptors (Lipinski definition) is 4. The van der Waals surface area contributed by atoms with Gasteiger partial charge in [-0.2, -0.15) is 0 Å². The molecule has 0 fully saturated rings. The fourth-order valence-electron chi connectivity index (χ4n) is 1.40. The van der Waals surface area contributed by atoms with Crippen LogP contribution < -0.4 is 10.5 Å². The molecule has 3 N–H and O–H groups in total. The Morgan fingerprint density at radius 3 is 2.61 bits per heavy atom. The Hall–Kier alpha value is 0.340. The van der Waals surface area contributed by atoms with Crippen LogP contribution in [0.15, 0.2) is 20.1 Å². The molecular formula is C10H18BrClN2O2S2. The van der Waals surface area contributed by atoms with Gasteiger partial charge in [0.15, 0.2) is 0 Å². The molecule has 1 aromatic heterocycles. The number of halogens is 2. The van der Waals surface area contributed by atoms with Crippen molar-refractivity contribution < 1.29 is 8.42 Å². The van der Waals surface area contributed by atoms with Crippen molar-refractivity contribution in [2.24, 2.45) is 5.73 Å². The van der Waals surface area contributed by atoms with Crippen LogP contribution in [-0.4, -0.2) is 21.0 Å². The van der Waals surface area contributed by atoms with E-state index in [4.69, 9.17) is 5.73 Å². The summed E-state index contributed by atoms with van der Waals surface area (Å²) < 4.78 is 27.8. The molecule has 0 spiro atoms. The Morgan fingerprint density at radius 2 is 2.17 bits per heavy atom. The summed E-state index contributed by atoms with van der Waals surface area (Å²) in [5.74, 6) is 0. The van der Waals surface area contributed by atoms with E-state index in [1.54, 1.807) is 12.1 Å². The summed E-state index contributed by atoms with van der Waals surface area (Å²) in [6.45, 7) is 2.39. The third-order valence-electron chi connectivity index (χ3n) is 2.33. The van der Waals surface area contributed by atoms with Crippen LogP contribution in [0.25, 0.3) is 0 Å². The van der Waals surface area contributed by atoms with E-state index in [9.17, 15) is 8.42 Å². The lowest BCUT2D eigenvalue weighted by Crippen LogP contribution is -2.39. The molecule has 0 aliphatic rings. The minimum atomic E-state index is -3.42. The van der Waals surface area contributed by atoms with E-state index in [1.807, 2.05) is 0 Å². The third kappa shape index (κ3) is 5.54. The molecule has 0 bridgehead atoms. The highest BCUT2D eigenvalue weighted by Gasteiger charge is 2.20. The molecule has 0 radical (unpaired) electrons. The topological polar surface area (TPSA) is 72.2 Å². The van der Waals surface area contributed by atoms with Gasteiger partial charge in [-0.1, -0.05) is 19.8 Å². The van der Waals surface area contributed by atoms with Crippen LogP contribution in [0.1, 0.15) is 26.2 Å². The molecular weight excluding hydrogens is 360 g/mol. The molecule has 0 aromatic carbocycles. The van der Waals surface area contributed by atoms with E-state index in [1.165, 1.54) is 11.3 Å². The van der Waals surface area contributed by atoms with Gasteiger partial charge in [-0.3, -0.25) is 0 Å². The average Bonchev–Trinajstić information content (AvgIpc) is 2.71. The standard InChI is InChI=1S/C10H17BrN2O2S2.ClH/c1-2-3-4-8(7-12)13-17(14,15)10-6-5-9(11)16-10;/h5-6,8,13H,2-4,7,12H2,1H3;1H. The van der Waals surface area contributed by atoms with Crippen LogP contribution in [0.4, 0.5) is 0 Å². The van der Waals surface area contributed by atoms with Gasteiger partial charge < -0.3 is 5.73 Å². The highest BCUT2D eigenvalue weighted by Crippen LogP contribution is 2.26. The number of thiophene rings is 1. The normalized spacial score (nSPS) is 13.1. The van der Waals surface area contributed by atoms with Gasteiger partial charge in [0, 0.05) is 12.6 Å². The van der Waals surface area contributed by atoms with E-state index < -0.39 is 10.0 Å². The van der Waals surface area contributed by atoms with Crippen molar-refractivity contribution in [2.75, 3.05) is 6.54 Å². The maximum Gasteiger partial charge on any atom is 0.250 e. The SMILES string of the molecule is CCCCC(CN)NS(=O)(=O)c1ccc(Br)s1.Cl. The van der Waals surface area contributed by atoms with Gasteiger partial charge in [0.2, 0.25) is 10.0 Å². The first-order valence-electron chi connectivity index (χ1n) is 5.47. The highest BCUT2D eigenvalue weighted by atomic mass is 79.9. The lowest BCUT2D eigenvalue weighted by molar-refractivity contribution is 0.517. The fourth-order valence-corrected chi connectivity index (χ4v) is 4.70. The molecule has 1 heterocycles. The van der Waals surface area contributed by atoms with Crippen LogP contribution in [0, 0.1) is 0 Å². The molecule has 1 aromatic rings. The Labute approximate surface area is 127 Å². The molecule has 1 atom stereocenters. The fraction of sp³-hybridized carbons (Fsp3) is 0.600. The summed E-state index contributed by atoms with van der Waals surface area (Å²) in [5, 5.41) is 0. The van der Waals surface area contributed by atoms with E-state index >= 15 is 0 Å². The lowest BCUT2D eigenvalue weighted by atomic mass is 10.1. The second kappa shape index (κ2) is 8.50. The maximum absolute atomic E-state index is 12.0. The molecule has 106 valence electrons. The first-order valence-corrected chi connectivity index (χ1v) is 8.56. The molecule has 1 unspecified atom stereocenters. The molecule has 4 nitrogen and oxygen atoms in total. The minimum Gasteiger partial charge on any atom is -0.329 e. The number of nitrogens with one attached hydrogen (secondary N) is 1. The molecule has 0 aliphatic carbocycles. The first-order chi connectivity index (χ1) is 7.99. The van der Waals surface area contributed by atoms with Crippen molar-refractivity contribution in [2.45, 2.75) is 36.4 Å². The summed E-state index contributed by atoms with van der Waals surface area (Å²) in [5.41, 5.74) is 5.57. The van der Waals surface area contributed by atoms with Crippen LogP contribution in [-0.2, 0) is 10.0 Å². The Morgan fingerprint density at radius 1 is 1.50 bits per heavy atom. The molecule has 18 heavy (non-hydrogen) atoms. The zero-order valence-corrected chi connectivity index (χ0v) is 14.1. The van der Waals surface area contributed by atoms with Gasteiger partial charge in [-0.05, 0) is 34.5 Å². The summed E-state index contributed by atoms with van der Waals surface area (Å²) in [6.07, 6.45) is 2.78. The van der Waals surface area contributed by atoms with E-state index in [0.717, 1.165) is 23.0 Å². The molecule has 0 aliphatic heterocycles. The predicted molar refractivity (Wildman–Crippen MR) is 82.0 cm³/mol. The number of unbranched alkanes of at least 4 members (excludes halogenated alkanes) is 1. The zero-order valence-electron chi connectivity index (χ0n) is 10.1. The Bertz CT molecular complexity index is 450. The molecule has 8 heteroatoms. The van der Waals surface area contributed by atoms with Crippen LogP contribution in [0.2, 0.25) is 0 Å². The summed E-state index contributed by atoms with van der Waals surface area (Å²) in [7, 11) is -3.42.